The molecule has 3 N–H and O–H groups in total. The Bertz CT molecular complexity index is 270. The molecule has 3 heteroatoms. The van der Waals surface area contributed by atoms with Crippen molar-refractivity contribution in [2.75, 3.05) is 6.54 Å². The maximum Gasteiger partial charge on any atom is 0.102 e. The first kappa shape index (κ1) is 11.1. The van der Waals surface area contributed by atoms with Crippen molar-refractivity contribution in [3.63, 3.8) is 0 Å². The highest BCUT2D eigenvalue weighted by Crippen LogP contribution is 2.34. The van der Waals surface area contributed by atoms with Gasteiger partial charge in [-0.05, 0) is 18.6 Å². The molecular weight excluding hydrogens is 176 g/mol. The van der Waals surface area contributed by atoms with Crippen LogP contribution in [0.15, 0.2) is 24.4 Å². The van der Waals surface area contributed by atoms with E-state index in [9.17, 15) is 5.11 Å². The maximum atomic E-state index is 10.1. The van der Waals surface area contributed by atoms with E-state index in [0.29, 0.717) is 12.2 Å². The molecule has 0 aromatic carbocycles. The van der Waals surface area contributed by atoms with Crippen LogP contribution in [0, 0.1) is 5.41 Å². The van der Waals surface area contributed by atoms with Crippen molar-refractivity contribution in [2.45, 2.75) is 26.4 Å². The van der Waals surface area contributed by atoms with Crippen LogP contribution in [0.4, 0.5) is 0 Å². The summed E-state index contributed by atoms with van der Waals surface area (Å²) in [6, 6.07) is 5.54. The summed E-state index contributed by atoms with van der Waals surface area (Å²) in [5, 5.41) is 10.1. The van der Waals surface area contributed by atoms with E-state index < -0.39 is 6.10 Å². The van der Waals surface area contributed by atoms with Crippen molar-refractivity contribution in [1.82, 2.24) is 4.98 Å². The van der Waals surface area contributed by atoms with Crippen molar-refractivity contribution < 1.29 is 5.11 Å². The van der Waals surface area contributed by atoms with Crippen molar-refractivity contribution in [3.8, 4) is 0 Å². The molecule has 0 saturated heterocycles. The third kappa shape index (κ3) is 2.11. The topological polar surface area (TPSA) is 59.1 Å². The van der Waals surface area contributed by atoms with Crippen LogP contribution >= 0.6 is 0 Å². The molecule has 1 rings (SSSR count). The molecule has 0 spiro atoms. The zero-order valence-electron chi connectivity index (χ0n) is 8.77. The highest BCUT2D eigenvalue weighted by molar-refractivity contribution is 5.10. The number of aliphatic hydroxyl groups excluding tert-OH is 1. The maximum absolute atomic E-state index is 10.1. The molecule has 3 nitrogen and oxygen atoms in total. The van der Waals surface area contributed by atoms with Crippen LogP contribution in [0.25, 0.3) is 0 Å². The number of hydrogen-bond acceptors (Lipinski definition) is 3. The summed E-state index contributed by atoms with van der Waals surface area (Å²) in [5.41, 5.74) is 6.08. The minimum absolute atomic E-state index is 0.283. The number of aliphatic hydroxyl groups is 1. The first-order chi connectivity index (χ1) is 6.64. The number of hydrogen-bond donors (Lipinski definition) is 2. The van der Waals surface area contributed by atoms with Gasteiger partial charge in [0.1, 0.15) is 6.10 Å². The molecule has 0 aliphatic rings. The largest absolute Gasteiger partial charge is 0.386 e. The van der Waals surface area contributed by atoms with E-state index in [-0.39, 0.29) is 5.41 Å². The Morgan fingerprint density at radius 3 is 2.71 bits per heavy atom. The molecule has 0 amide bonds. The second kappa shape index (κ2) is 4.53. The molecule has 0 saturated carbocycles. The van der Waals surface area contributed by atoms with E-state index in [0.717, 1.165) is 6.42 Å². The number of rotatable bonds is 4. The fourth-order valence-corrected chi connectivity index (χ4v) is 1.34. The van der Waals surface area contributed by atoms with Crippen LogP contribution in [0.3, 0.4) is 0 Å². The van der Waals surface area contributed by atoms with Gasteiger partial charge in [0.25, 0.3) is 0 Å². The van der Waals surface area contributed by atoms with Gasteiger partial charge in [-0.3, -0.25) is 4.98 Å². The zero-order valence-corrected chi connectivity index (χ0v) is 8.77. The number of nitrogens with two attached hydrogens (primary N) is 1. The normalized spacial score (nSPS) is 17.4. The summed E-state index contributed by atoms with van der Waals surface area (Å²) in [4.78, 5) is 4.14. The highest BCUT2D eigenvalue weighted by atomic mass is 16.3. The molecular formula is C11H18N2O. The van der Waals surface area contributed by atoms with Gasteiger partial charge in [0, 0.05) is 18.2 Å². The number of nitrogens with zero attached hydrogens (tertiary/aromatic N) is 1. The lowest BCUT2D eigenvalue weighted by Gasteiger charge is -2.31. The van der Waals surface area contributed by atoms with Gasteiger partial charge in [-0.25, -0.2) is 0 Å². The summed E-state index contributed by atoms with van der Waals surface area (Å²) < 4.78 is 0. The van der Waals surface area contributed by atoms with E-state index in [1.54, 1.807) is 6.20 Å². The van der Waals surface area contributed by atoms with Crippen molar-refractivity contribution in [3.05, 3.63) is 30.1 Å². The minimum Gasteiger partial charge on any atom is -0.386 e. The van der Waals surface area contributed by atoms with Crippen LogP contribution in [0.1, 0.15) is 32.1 Å². The fourth-order valence-electron chi connectivity index (χ4n) is 1.34. The van der Waals surface area contributed by atoms with Crippen LogP contribution in [0.5, 0.6) is 0 Å². The van der Waals surface area contributed by atoms with Crippen molar-refractivity contribution in [1.29, 1.82) is 0 Å². The van der Waals surface area contributed by atoms with Crippen molar-refractivity contribution >= 4 is 0 Å². The molecule has 1 aromatic rings. The van der Waals surface area contributed by atoms with E-state index in [4.69, 9.17) is 5.73 Å². The third-order valence-corrected chi connectivity index (χ3v) is 2.90. The smallest absolute Gasteiger partial charge is 0.102 e. The van der Waals surface area contributed by atoms with Crippen LogP contribution in [-0.4, -0.2) is 16.6 Å². The minimum atomic E-state index is -0.585. The number of aromatic nitrogens is 1. The predicted molar refractivity (Wildman–Crippen MR) is 56.6 cm³/mol. The lowest BCUT2D eigenvalue weighted by atomic mass is 9.80. The van der Waals surface area contributed by atoms with Gasteiger partial charge in [0.05, 0.1) is 5.69 Å². The summed E-state index contributed by atoms with van der Waals surface area (Å²) >= 11 is 0. The average molecular weight is 194 g/mol. The quantitative estimate of drug-likeness (QED) is 0.763. The van der Waals surface area contributed by atoms with E-state index in [1.807, 2.05) is 32.0 Å². The van der Waals surface area contributed by atoms with Gasteiger partial charge >= 0.3 is 0 Å². The molecule has 0 aliphatic heterocycles. The average Bonchev–Trinajstić information content (AvgIpc) is 2.28. The van der Waals surface area contributed by atoms with Crippen LogP contribution < -0.4 is 5.73 Å². The predicted octanol–water partition coefficient (Wildman–Crippen LogP) is 1.49. The fraction of sp³-hybridized carbons (Fsp3) is 0.545. The molecule has 2 atom stereocenters. The Hall–Kier alpha value is -0.930. The van der Waals surface area contributed by atoms with Crippen molar-refractivity contribution in [2.24, 2.45) is 11.1 Å². The van der Waals surface area contributed by atoms with Crippen LogP contribution in [-0.2, 0) is 0 Å². The molecule has 0 bridgehead atoms. The summed E-state index contributed by atoms with van der Waals surface area (Å²) in [7, 11) is 0. The second-order valence-corrected chi connectivity index (χ2v) is 3.87. The van der Waals surface area contributed by atoms with Gasteiger partial charge in [0.15, 0.2) is 0 Å². The molecule has 0 aliphatic carbocycles. The monoisotopic (exact) mass is 194 g/mol. The Kier molecular flexibility index (Phi) is 3.61. The zero-order chi connectivity index (χ0) is 10.6. The molecule has 78 valence electrons. The molecule has 14 heavy (non-hydrogen) atoms. The molecule has 0 radical (unpaired) electrons. The first-order valence-electron chi connectivity index (χ1n) is 4.93. The van der Waals surface area contributed by atoms with Gasteiger partial charge in [0.2, 0.25) is 0 Å². The summed E-state index contributed by atoms with van der Waals surface area (Å²) in [6.07, 6.45) is 1.94. The van der Waals surface area contributed by atoms with Gasteiger partial charge < -0.3 is 10.8 Å². The lowest BCUT2D eigenvalue weighted by Crippen LogP contribution is -2.33. The van der Waals surface area contributed by atoms with Gasteiger partial charge in [-0.15, -0.1) is 0 Å². The SMILES string of the molecule is CCC(C)(CN)C(O)c1ccccn1. The van der Waals surface area contributed by atoms with E-state index >= 15 is 0 Å². The van der Waals surface area contributed by atoms with Gasteiger partial charge in [-0.2, -0.15) is 0 Å². The molecule has 2 unspecified atom stereocenters. The highest BCUT2D eigenvalue weighted by Gasteiger charge is 2.31. The second-order valence-electron chi connectivity index (χ2n) is 3.87. The Morgan fingerprint density at radius 1 is 1.57 bits per heavy atom. The Morgan fingerprint density at radius 2 is 2.29 bits per heavy atom. The van der Waals surface area contributed by atoms with E-state index in [1.165, 1.54) is 0 Å². The van der Waals surface area contributed by atoms with E-state index in [2.05, 4.69) is 4.98 Å². The first-order valence-corrected chi connectivity index (χ1v) is 4.93. The molecule has 1 aromatic heterocycles. The Labute approximate surface area is 85.0 Å². The molecule has 0 fully saturated rings. The summed E-state index contributed by atoms with van der Waals surface area (Å²) in [6.45, 7) is 4.46. The summed E-state index contributed by atoms with van der Waals surface area (Å²) in [5.74, 6) is 0. The third-order valence-electron chi connectivity index (χ3n) is 2.90. The molecule has 1 heterocycles. The Balaban J connectivity index is 2.89. The number of pyridine rings is 1. The van der Waals surface area contributed by atoms with Crippen LogP contribution in [0.2, 0.25) is 0 Å². The standard InChI is InChI=1S/C11H18N2O/c1-3-11(2,8-12)10(14)9-6-4-5-7-13-9/h4-7,10,14H,3,8,12H2,1-2H3. The lowest BCUT2D eigenvalue weighted by molar-refractivity contribution is 0.0357. The van der Waals surface area contributed by atoms with Gasteiger partial charge in [-0.1, -0.05) is 19.9 Å².